The Kier molecular flexibility index (Phi) is 7.01. The normalized spacial score (nSPS) is 12.4. The van der Waals surface area contributed by atoms with Gasteiger partial charge in [0.15, 0.2) is 6.61 Å². The van der Waals surface area contributed by atoms with Crippen LogP contribution in [0.2, 0.25) is 0 Å². The maximum absolute atomic E-state index is 12.7. The summed E-state index contributed by atoms with van der Waals surface area (Å²) in [6.07, 6.45) is 3.09. The number of carbonyl (C=O) groups excluding carboxylic acids is 1. The Morgan fingerprint density at radius 1 is 1.19 bits per heavy atom. The summed E-state index contributed by atoms with van der Waals surface area (Å²) in [4.78, 5) is 12.7. The Hall–Kier alpha value is -2.10. The fourth-order valence-corrected chi connectivity index (χ4v) is 3.15. The molecule has 0 spiro atoms. The molecule has 142 valence electrons. The second-order valence-electron chi connectivity index (χ2n) is 7.52. The third kappa shape index (κ3) is 4.75. The molecule has 4 nitrogen and oxygen atoms in total. The number of rotatable bonds is 8. The van der Waals surface area contributed by atoms with Crippen molar-refractivity contribution in [2.24, 2.45) is 5.92 Å². The molecule has 1 unspecified atom stereocenters. The second kappa shape index (κ2) is 9.02. The van der Waals surface area contributed by atoms with Gasteiger partial charge in [0.1, 0.15) is 5.75 Å². The van der Waals surface area contributed by atoms with Crippen LogP contribution >= 0.6 is 0 Å². The van der Waals surface area contributed by atoms with Crippen LogP contribution in [0.4, 0.5) is 0 Å². The highest BCUT2D eigenvalue weighted by atomic mass is 16.5. The number of para-hydroxylation sites is 1. The van der Waals surface area contributed by atoms with Crippen LogP contribution in [0.5, 0.6) is 5.75 Å². The largest absolute Gasteiger partial charge is 0.483 e. The molecule has 1 aromatic carbocycles. The van der Waals surface area contributed by atoms with E-state index in [2.05, 4.69) is 38.9 Å². The molecule has 0 saturated carbocycles. The van der Waals surface area contributed by atoms with Gasteiger partial charge in [-0.3, -0.25) is 4.79 Å². The second-order valence-corrected chi connectivity index (χ2v) is 7.52. The lowest BCUT2D eigenvalue weighted by atomic mass is 9.98. The molecule has 1 atom stereocenters. The molecule has 2 rings (SSSR count). The van der Waals surface area contributed by atoms with E-state index in [4.69, 9.17) is 4.74 Å². The van der Waals surface area contributed by atoms with Crippen LogP contribution in [0.3, 0.4) is 0 Å². The third-order valence-corrected chi connectivity index (χ3v) is 5.06. The van der Waals surface area contributed by atoms with Gasteiger partial charge >= 0.3 is 0 Å². The monoisotopic (exact) mass is 356 g/mol. The van der Waals surface area contributed by atoms with Crippen molar-refractivity contribution in [3.63, 3.8) is 0 Å². The van der Waals surface area contributed by atoms with Crippen molar-refractivity contribution in [1.82, 2.24) is 9.78 Å². The predicted octanol–water partition coefficient (Wildman–Crippen LogP) is 5.32. The molecule has 4 heteroatoms. The molecule has 0 aliphatic heterocycles. The molecular weight excluding hydrogens is 324 g/mol. The molecule has 0 N–H and O–H groups in total. The van der Waals surface area contributed by atoms with Crippen LogP contribution in [0, 0.1) is 19.8 Å². The van der Waals surface area contributed by atoms with Gasteiger partial charge in [-0.1, -0.05) is 45.9 Å². The number of aromatic nitrogens is 2. The van der Waals surface area contributed by atoms with Crippen molar-refractivity contribution in [1.29, 1.82) is 0 Å². The maximum atomic E-state index is 12.7. The van der Waals surface area contributed by atoms with Crippen molar-refractivity contribution in [2.75, 3.05) is 6.61 Å². The van der Waals surface area contributed by atoms with Gasteiger partial charge in [0, 0.05) is 5.69 Å². The summed E-state index contributed by atoms with van der Waals surface area (Å²) >= 11 is 0. The summed E-state index contributed by atoms with van der Waals surface area (Å²) in [6, 6.07) is 7.96. The molecule has 2 aromatic rings. The molecule has 1 aromatic heterocycles. The first kappa shape index (κ1) is 20.2. The zero-order chi connectivity index (χ0) is 19.3. The standard InChI is InChI=1S/C22H32N2O2/c1-7-16(4)19-10-8-9-11-21(19)26-14-22(25)24-18(6)20(17(5)23-24)13-12-15(2)3/h8-11,15-16H,7,12-14H2,1-6H3. The van der Waals surface area contributed by atoms with Crippen LogP contribution < -0.4 is 4.74 Å². The number of hydrogen-bond donors (Lipinski definition) is 0. The van der Waals surface area contributed by atoms with Gasteiger partial charge in [0.25, 0.3) is 5.91 Å². The zero-order valence-electron chi connectivity index (χ0n) is 17.0. The van der Waals surface area contributed by atoms with E-state index < -0.39 is 0 Å². The minimum absolute atomic E-state index is 0.000964. The Balaban J connectivity index is 2.11. The predicted molar refractivity (Wildman–Crippen MR) is 106 cm³/mol. The van der Waals surface area contributed by atoms with E-state index in [1.807, 2.05) is 32.0 Å². The lowest BCUT2D eigenvalue weighted by Crippen LogP contribution is -2.22. The molecule has 0 amide bonds. The van der Waals surface area contributed by atoms with E-state index in [-0.39, 0.29) is 12.5 Å². The van der Waals surface area contributed by atoms with Crippen molar-refractivity contribution in [2.45, 2.75) is 66.7 Å². The highest BCUT2D eigenvalue weighted by Crippen LogP contribution is 2.28. The van der Waals surface area contributed by atoms with Crippen molar-refractivity contribution >= 4 is 5.91 Å². The quantitative estimate of drug-likeness (QED) is 0.643. The fourth-order valence-electron chi connectivity index (χ4n) is 3.15. The Bertz CT molecular complexity index is 747. The molecule has 0 aliphatic rings. The van der Waals surface area contributed by atoms with Crippen LogP contribution in [-0.4, -0.2) is 22.3 Å². The molecular formula is C22H32N2O2. The van der Waals surface area contributed by atoms with Crippen LogP contribution in [0.15, 0.2) is 24.3 Å². The first-order chi connectivity index (χ1) is 12.3. The van der Waals surface area contributed by atoms with Crippen molar-refractivity contribution in [3.05, 3.63) is 46.8 Å². The first-order valence-corrected chi connectivity index (χ1v) is 9.65. The van der Waals surface area contributed by atoms with E-state index in [0.29, 0.717) is 11.8 Å². The molecule has 0 saturated heterocycles. The van der Waals surface area contributed by atoms with Crippen molar-refractivity contribution < 1.29 is 9.53 Å². The van der Waals surface area contributed by atoms with Gasteiger partial charge < -0.3 is 4.74 Å². The number of ether oxygens (including phenoxy) is 1. The summed E-state index contributed by atoms with van der Waals surface area (Å²) in [6.45, 7) is 12.7. The van der Waals surface area contributed by atoms with Gasteiger partial charge in [-0.05, 0) is 62.1 Å². The smallest absolute Gasteiger partial charge is 0.284 e. The van der Waals surface area contributed by atoms with Crippen molar-refractivity contribution in [3.8, 4) is 5.75 Å². The minimum atomic E-state index is -0.125. The van der Waals surface area contributed by atoms with E-state index >= 15 is 0 Å². The van der Waals surface area contributed by atoms with E-state index in [9.17, 15) is 4.79 Å². The average molecular weight is 357 g/mol. The Labute approximate surface area is 157 Å². The van der Waals surface area contributed by atoms with Gasteiger partial charge in [-0.15, -0.1) is 0 Å². The van der Waals surface area contributed by atoms with Crippen LogP contribution in [-0.2, 0) is 6.42 Å². The number of aryl methyl sites for hydroxylation is 1. The van der Waals surface area contributed by atoms with Crippen LogP contribution in [0.1, 0.15) is 73.8 Å². The number of nitrogens with zero attached hydrogens (tertiary/aromatic N) is 2. The molecule has 0 aliphatic carbocycles. The lowest BCUT2D eigenvalue weighted by molar-refractivity contribution is 0.0817. The highest BCUT2D eigenvalue weighted by Gasteiger charge is 2.18. The van der Waals surface area contributed by atoms with Gasteiger partial charge in [0.05, 0.1) is 5.69 Å². The van der Waals surface area contributed by atoms with E-state index in [0.717, 1.165) is 42.0 Å². The number of benzene rings is 1. The minimum Gasteiger partial charge on any atom is -0.483 e. The molecule has 1 heterocycles. The Morgan fingerprint density at radius 2 is 1.88 bits per heavy atom. The lowest BCUT2D eigenvalue weighted by Gasteiger charge is -2.15. The first-order valence-electron chi connectivity index (χ1n) is 9.65. The molecule has 0 bridgehead atoms. The Morgan fingerprint density at radius 3 is 2.54 bits per heavy atom. The summed E-state index contributed by atoms with van der Waals surface area (Å²) in [5, 5.41) is 4.46. The highest BCUT2D eigenvalue weighted by molar-refractivity contribution is 5.80. The molecule has 26 heavy (non-hydrogen) atoms. The summed E-state index contributed by atoms with van der Waals surface area (Å²) < 4.78 is 7.38. The summed E-state index contributed by atoms with van der Waals surface area (Å²) in [7, 11) is 0. The van der Waals surface area contributed by atoms with E-state index in [1.54, 1.807) is 0 Å². The average Bonchev–Trinajstić information content (AvgIpc) is 2.91. The van der Waals surface area contributed by atoms with E-state index in [1.165, 1.54) is 10.2 Å². The summed E-state index contributed by atoms with van der Waals surface area (Å²) in [5.74, 6) is 1.70. The topological polar surface area (TPSA) is 44.1 Å². The van der Waals surface area contributed by atoms with Crippen LogP contribution in [0.25, 0.3) is 0 Å². The number of hydrogen-bond acceptors (Lipinski definition) is 3. The molecule has 0 fully saturated rings. The molecule has 0 radical (unpaired) electrons. The van der Waals surface area contributed by atoms with Gasteiger partial charge in [-0.2, -0.15) is 5.10 Å². The summed E-state index contributed by atoms with van der Waals surface area (Å²) in [5.41, 5.74) is 4.21. The maximum Gasteiger partial charge on any atom is 0.284 e. The van der Waals surface area contributed by atoms with Gasteiger partial charge in [-0.25, -0.2) is 4.68 Å². The SMILES string of the molecule is CCC(C)c1ccccc1OCC(=O)n1nc(C)c(CCC(C)C)c1C. The fraction of sp³-hybridized carbons (Fsp3) is 0.545. The van der Waals surface area contributed by atoms with Gasteiger partial charge in [0.2, 0.25) is 0 Å². The third-order valence-electron chi connectivity index (χ3n) is 5.06. The zero-order valence-corrected chi connectivity index (χ0v) is 17.0. The number of carbonyl (C=O) groups is 1.